The van der Waals surface area contributed by atoms with E-state index in [1.54, 1.807) is 20.8 Å². The van der Waals surface area contributed by atoms with E-state index in [0.717, 1.165) is 18.2 Å². The van der Waals surface area contributed by atoms with Gasteiger partial charge in [-0.2, -0.15) is 0 Å². The Kier molecular flexibility index (Phi) is 7.51. The van der Waals surface area contributed by atoms with Crippen molar-refractivity contribution in [1.29, 1.82) is 5.41 Å². The fourth-order valence-electron chi connectivity index (χ4n) is 3.28. The SMILES string of the molecule is C#CCOC(=NCC)C(C=N)C(=O)c1ccc(S(C)(=O)=O)c(C2CC(C)=NO2)c1C. The summed E-state index contributed by atoms with van der Waals surface area (Å²) in [7, 11) is -3.57. The summed E-state index contributed by atoms with van der Waals surface area (Å²) in [5.41, 5.74) is 1.84. The molecule has 0 fully saturated rings. The van der Waals surface area contributed by atoms with Crippen molar-refractivity contribution in [3.63, 3.8) is 0 Å². The molecule has 1 aromatic carbocycles. The van der Waals surface area contributed by atoms with Crippen molar-refractivity contribution >= 4 is 33.4 Å². The topological polar surface area (TPSA) is 118 Å². The average Bonchev–Trinajstić information content (AvgIpc) is 3.11. The number of sulfone groups is 1. The van der Waals surface area contributed by atoms with Crippen LogP contribution in [0.1, 0.15) is 47.9 Å². The molecule has 0 aliphatic carbocycles. The zero-order chi connectivity index (χ0) is 22.5. The molecular weight excluding hydrogens is 406 g/mol. The summed E-state index contributed by atoms with van der Waals surface area (Å²) in [6.07, 6.45) is 7.09. The van der Waals surface area contributed by atoms with Crippen molar-refractivity contribution in [1.82, 2.24) is 0 Å². The number of nitrogens with zero attached hydrogens (tertiary/aromatic N) is 2. The lowest BCUT2D eigenvalue weighted by atomic mass is 9.90. The van der Waals surface area contributed by atoms with E-state index < -0.39 is 27.6 Å². The Hall–Kier alpha value is -2.99. The monoisotopic (exact) mass is 431 g/mol. The molecule has 9 heteroatoms. The maximum atomic E-state index is 13.3. The maximum absolute atomic E-state index is 13.3. The Bertz CT molecular complexity index is 1050. The van der Waals surface area contributed by atoms with Gasteiger partial charge in [-0.25, -0.2) is 8.42 Å². The Labute approximate surface area is 176 Å². The lowest BCUT2D eigenvalue weighted by molar-refractivity contribution is 0.0829. The Morgan fingerprint density at radius 2 is 2.20 bits per heavy atom. The molecule has 1 aliphatic heterocycles. The number of hydrogen-bond acceptors (Lipinski definition) is 8. The summed E-state index contributed by atoms with van der Waals surface area (Å²) in [6, 6.07) is 2.84. The molecule has 30 heavy (non-hydrogen) atoms. The minimum Gasteiger partial charge on any atom is -0.467 e. The minimum atomic E-state index is -3.57. The van der Waals surface area contributed by atoms with Crippen LogP contribution in [0.4, 0.5) is 0 Å². The molecule has 8 nitrogen and oxygen atoms in total. The number of nitrogens with one attached hydrogen (secondary N) is 1. The van der Waals surface area contributed by atoms with Crippen LogP contribution in [0.15, 0.2) is 27.2 Å². The summed E-state index contributed by atoms with van der Waals surface area (Å²) in [5.74, 6) is 0.856. The van der Waals surface area contributed by atoms with Crippen LogP contribution in [0.3, 0.4) is 0 Å². The quantitative estimate of drug-likeness (QED) is 0.294. The third-order valence-corrected chi connectivity index (χ3v) is 5.77. The zero-order valence-corrected chi connectivity index (χ0v) is 18.2. The molecule has 160 valence electrons. The van der Waals surface area contributed by atoms with Crippen LogP contribution in [0.25, 0.3) is 0 Å². The molecule has 0 saturated carbocycles. The van der Waals surface area contributed by atoms with Gasteiger partial charge < -0.3 is 15.0 Å². The highest BCUT2D eigenvalue weighted by Gasteiger charge is 2.33. The number of rotatable bonds is 8. The number of Topliss-reactive ketones (excluding diaryl/α,β-unsaturated/α-hetero) is 1. The number of benzene rings is 1. The third-order valence-electron chi connectivity index (χ3n) is 4.61. The lowest BCUT2D eigenvalue weighted by Crippen LogP contribution is -2.29. The number of ketones is 1. The van der Waals surface area contributed by atoms with E-state index in [4.69, 9.17) is 21.4 Å². The minimum absolute atomic E-state index is 0.0554. The molecule has 1 heterocycles. The number of terminal acetylenes is 1. The zero-order valence-electron chi connectivity index (χ0n) is 17.4. The van der Waals surface area contributed by atoms with Gasteiger partial charge in [-0.3, -0.25) is 9.79 Å². The van der Waals surface area contributed by atoms with Gasteiger partial charge in [-0.15, -0.1) is 6.42 Å². The molecule has 2 unspecified atom stereocenters. The molecule has 0 radical (unpaired) electrons. The molecule has 1 aliphatic rings. The van der Waals surface area contributed by atoms with Gasteiger partial charge in [0.05, 0.1) is 10.6 Å². The molecule has 0 bridgehead atoms. The molecule has 1 N–H and O–H groups in total. The molecule has 0 spiro atoms. The first-order valence-electron chi connectivity index (χ1n) is 9.33. The summed E-state index contributed by atoms with van der Waals surface area (Å²) >= 11 is 0. The van der Waals surface area contributed by atoms with E-state index in [9.17, 15) is 13.2 Å². The van der Waals surface area contributed by atoms with Gasteiger partial charge in [0.1, 0.15) is 12.5 Å². The van der Waals surface area contributed by atoms with E-state index in [1.807, 2.05) is 0 Å². The Morgan fingerprint density at radius 3 is 2.70 bits per heavy atom. The second-order valence-electron chi connectivity index (χ2n) is 6.86. The number of hydrogen-bond donors (Lipinski definition) is 1. The molecule has 0 saturated heterocycles. The van der Waals surface area contributed by atoms with Gasteiger partial charge in [0, 0.05) is 36.6 Å². The third kappa shape index (κ3) is 4.94. The van der Waals surface area contributed by atoms with E-state index in [2.05, 4.69) is 16.1 Å². The van der Waals surface area contributed by atoms with E-state index >= 15 is 0 Å². The highest BCUT2D eigenvalue weighted by atomic mass is 32.2. The van der Waals surface area contributed by atoms with Crippen LogP contribution in [0.5, 0.6) is 0 Å². The first kappa shape index (κ1) is 23.3. The first-order chi connectivity index (χ1) is 14.1. The number of ether oxygens (including phenoxy) is 1. The van der Waals surface area contributed by atoms with Gasteiger partial charge in [0.25, 0.3) is 0 Å². The normalized spacial score (nSPS) is 17.5. The number of carbonyl (C=O) groups is 1. The summed E-state index contributed by atoms with van der Waals surface area (Å²) in [4.78, 5) is 23.0. The lowest BCUT2D eigenvalue weighted by Gasteiger charge is -2.20. The van der Waals surface area contributed by atoms with Crippen molar-refractivity contribution in [3.05, 3.63) is 28.8 Å². The standard InChI is InChI=1S/C21H25N3O5S/c1-6-10-28-21(23-7-2)16(12-22)20(25)15-8-9-18(30(5,26)27)19(14(15)4)17-11-13(3)24-29-17/h1,8-9,12,16-17,22H,7,10-11H2,2-5H3. The molecular formula is C21H25N3O5S. The predicted octanol–water partition coefficient (Wildman–Crippen LogP) is 2.75. The van der Waals surface area contributed by atoms with Crippen molar-refractivity contribution in [2.45, 2.75) is 38.2 Å². The van der Waals surface area contributed by atoms with Gasteiger partial charge >= 0.3 is 0 Å². The first-order valence-corrected chi connectivity index (χ1v) is 11.2. The van der Waals surface area contributed by atoms with Crippen LogP contribution in [-0.2, 0) is 19.4 Å². The van der Waals surface area contributed by atoms with Crippen molar-refractivity contribution in [3.8, 4) is 12.3 Å². The summed E-state index contributed by atoms with van der Waals surface area (Å²) in [6.45, 7) is 5.48. The molecule has 2 rings (SSSR count). The molecule has 0 amide bonds. The smallest absolute Gasteiger partial charge is 0.200 e. The maximum Gasteiger partial charge on any atom is 0.200 e. The van der Waals surface area contributed by atoms with Crippen LogP contribution in [0, 0.1) is 30.6 Å². The fourth-order valence-corrected chi connectivity index (χ4v) is 4.28. The van der Waals surface area contributed by atoms with E-state index in [1.165, 1.54) is 12.1 Å². The fraction of sp³-hybridized carbons (Fsp3) is 0.429. The molecule has 0 aromatic heterocycles. The van der Waals surface area contributed by atoms with Crippen LogP contribution >= 0.6 is 0 Å². The Balaban J connectivity index is 2.58. The van der Waals surface area contributed by atoms with Gasteiger partial charge in [-0.1, -0.05) is 11.1 Å². The Morgan fingerprint density at radius 1 is 1.50 bits per heavy atom. The molecule has 1 aromatic rings. The van der Waals surface area contributed by atoms with E-state index in [0.29, 0.717) is 24.1 Å². The number of carbonyl (C=O) groups excluding carboxylic acids is 1. The average molecular weight is 432 g/mol. The second-order valence-corrected chi connectivity index (χ2v) is 8.84. The van der Waals surface area contributed by atoms with Crippen molar-refractivity contribution in [2.24, 2.45) is 16.1 Å². The van der Waals surface area contributed by atoms with Crippen LogP contribution in [-0.4, -0.2) is 51.4 Å². The van der Waals surface area contributed by atoms with E-state index in [-0.39, 0.29) is 23.0 Å². The highest BCUT2D eigenvalue weighted by molar-refractivity contribution is 7.90. The summed E-state index contributed by atoms with van der Waals surface area (Å²) < 4.78 is 30.1. The van der Waals surface area contributed by atoms with Crippen LogP contribution < -0.4 is 0 Å². The van der Waals surface area contributed by atoms with Gasteiger partial charge in [0.15, 0.2) is 21.7 Å². The predicted molar refractivity (Wildman–Crippen MR) is 115 cm³/mol. The van der Waals surface area contributed by atoms with Gasteiger partial charge in [-0.05, 0) is 38.5 Å². The van der Waals surface area contributed by atoms with Gasteiger partial charge in [0.2, 0.25) is 5.90 Å². The summed E-state index contributed by atoms with van der Waals surface area (Å²) in [5, 5.41) is 11.7. The largest absolute Gasteiger partial charge is 0.467 e. The van der Waals surface area contributed by atoms with Crippen molar-refractivity contribution < 1.29 is 22.8 Å². The van der Waals surface area contributed by atoms with Crippen LogP contribution in [0.2, 0.25) is 0 Å². The highest BCUT2D eigenvalue weighted by Crippen LogP contribution is 2.36. The number of aliphatic imine (C=N–C) groups is 1. The van der Waals surface area contributed by atoms with Crippen molar-refractivity contribution in [2.75, 3.05) is 19.4 Å². The molecule has 2 atom stereocenters. The second kappa shape index (κ2) is 9.67. The number of oxime groups is 1.